The predicted octanol–water partition coefficient (Wildman–Crippen LogP) is 2.80. The molecule has 0 fully saturated rings. The number of anilines is 2. The number of carbonyl (C=O) groups is 3. The molecule has 26 heavy (non-hydrogen) atoms. The summed E-state index contributed by atoms with van der Waals surface area (Å²) in [5, 5.41) is 2.68. The van der Waals surface area contributed by atoms with Crippen LogP contribution < -0.4 is 15.0 Å². The lowest BCUT2D eigenvalue weighted by Crippen LogP contribution is -2.40. The largest absolute Gasteiger partial charge is 0.482 e. The SMILES string of the molecule is CC(=O)c1ccc2c(c1)N(CCC(=O)Nc1ccc(Br)cn1)C(=O)CO2. The van der Waals surface area contributed by atoms with E-state index in [4.69, 9.17) is 4.74 Å². The highest BCUT2D eigenvalue weighted by Gasteiger charge is 2.26. The van der Waals surface area contributed by atoms with Crippen molar-refractivity contribution in [2.75, 3.05) is 23.4 Å². The van der Waals surface area contributed by atoms with Crippen LogP contribution in [-0.4, -0.2) is 35.7 Å². The van der Waals surface area contributed by atoms with Crippen LogP contribution in [-0.2, 0) is 9.59 Å². The molecule has 1 aromatic heterocycles. The first-order valence-corrected chi connectivity index (χ1v) is 8.73. The molecule has 2 aromatic rings. The molecule has 2 amide bonds. The van der Waals surface area contributed by atoms with E-state index in [0.29, 0.717) is 22.8 Å². The van der Waals surface area contributed by atoms with Gasteiger partial charge in [0.25, 0.3) is 5.91 Å². The maximum Gasteiger partial charge on any atom is 0.265 e. The third kappa shape index (κ3) is 4.08. The van der Waals surface area contributed by atoms with Crippen LogP contribution in [0.25, 0.3) is 0 Å². The predicted molar refractivity (Wildman–Crippen MR) is 99.5 cm³/mol. The van der Waals surface area contributed by atoms with Gasteiger partial charge in [-0.2, -0.15) is 0 Å². The number of Topliss-reactive ketones (excluding diaryl/α,β-unsaturated/α-hetero) is 1. The Kier molecular flexibility index (Phi) is 5.32. The van der Waals surface area contributed by atoms with Crippen LogP contribution in [0.5, 0.6) is 5.75 Å². The van der Waals surface area contributed by atoms with Crippen LogP contribution in [0.3, 0.4) is 0 Å². The van der Waals surface area contributed by atoms with E-state index in [1.807, 2.05) is 0 Å². The first-order valence-electron chi connectivity index (χ1n) is 7.93. The van der Waals surface area contributed by atoms with E-state index in [0.717, 1.165) is 4.47 Å². The number of hydrogen-bond donors (Lipinski definition) is 1. The minimum absolute atomic E-state index is 0.0905. The van der Waals surface area contributed by atoms with E-state index < -0.39 is 0 Å². The minimum atomic E-state index is -0.261. The van der Waals surface area contributed by atoms with Crippen molar-refractivity contribution >= 4 is 45.0 Å². The highest BCUT2D eigenvalue weighted by atomic mass is 79.9. The van der Waals surface area contributed by atoms with Crippen molar-refractivity contribution in [3.8, 4) is 5.75 Å². The first-order chi connectivity index (χ1) is 12.4. The zero-order valence-electron chi connectivity index (χ0n) is 14.0. The summed E-state index contributed by atoms with van der Waals surface area (Å²) in [6.07, 6.45) is 1.67. The van der Waals surface area contributed by atoms with Crippen molar-refractivity contribution in [2.45, 2.75) is 13.3 Å². The second kappa shape index (κ2) is 7.65. The average Bonchev–Trinajstić information content (AvgIpc) is 2.62. The molecule has 2 heterocycles. The number of ether oxygens (including phenoxy) is 1. The van der Waals surface area contributed by atoms with E-state index in [9.17, 15) is 14.4 Å². The number of rotatable bonds is 5. The number of carbonyl (C=O) groups excluding carboxylic acids is 3. The number of amides is 2. The Morgan fingerprint density at radius 2 is 2.12 bits per heavy atom. The average molecular weight is 418 g/mol. The number of nitrogens with zero attached hydrogens (tertiary/aromatic N) is 2. The number of ketones is 1. The summed E-state index contributed by atoms with van der Waals surface area (Å²) in [7, 11) is 0. The van der Waals surface area contributed by atoms with Gasteiger partial charge >= 0.3 is 0 Å². The lowest BCUT2D eigenvalue weighted by molar-refractivity contribution is -0.121. The smallest absolute Gasteiger partial charge is 0.265 e. The molecule has 1 N–H and O–H groups in total. The van der Waals surface area contributed by atoms with Crippen LogP contribution in [0.4, 0.5) is 11.5 Å². The van der Waals surface area contributed by atoms with Gasteiger partial charge in [0.15, 0.2) is 12.4 Å². The van der Waals surface area contributed by atoms with Crippen LogP contribution in [0, 0.1) is 0 Å². The molecule has 0 saturated carbocycles. The summed E-state index contributed by atoms with van der Waals surface area (Å²) in [5.41, 5.74) is 0.985. The molecule has 0 bridgehead atoms. The summed E-state index contributed by atoms with van der Waals surface area (Å²) in [5.74, 6) is 0.330. The van der Waals surface area contributed by atoms with Crippen molar-refractivity contribution < 1.29 is 19.1 Å². The van der Waals surface area contributed by atoms with Crippen molar-refractivity contribution in [1.29, 1.82) is 0 Å². The van der Waals surface area contributed by atoms with E-state index in [-0.39, 0.29) is 37.2 Å². The standard InChI is InChI=1S/C18H16BrN3O4/c1-11(23)12-2-4-15-14(8-12)22(18(25)10-26-15)7-6-17(24)21-16-5-3-13(19)9-20-16/h2-5,8-9H,6-7,10H2,1H3,(H,20,21,24). The Balaban J connectivity index is 1.70. The van der Waals surface area contributed by atoms with Gasteiger partial charge in [-0.3, -0.25) is 14.4 Å². The Bertz CT molecular complexity index is 867. The monoisotopic (exact) mass is 417 g/mol. The summed E-state index contributed by atoms with van der Waals surface area (Å²) in [4.78, 5) is 41.5. The highest BCUT2D eigenvalue weighted by Crippen LogP contribution is 2.33. The number of benzene rings is 1. The number of aromatic nitrogens is 1. The maximum atomic E-state index is 12.2. The number of hydrogen-bond acceptors (Lipinski definition) is 5. The number of fused-ring (bicyclic) bond motifs is 1. The van der Waals surface area contributed by atoms with Crippen LogP contribution in [0.1, 0.15) is 23.7 Å². The Hall–Kier alpha value is -2.74. The molecule has 0 atom stereocenters. The maximum absolute atomic E-state index is 12.2. The quantitative estimate of drug-likeness (QED) is 0.755. The van der Waals surface area contributed by atoms with Gasteiger partial charge in [0.2, 0.25) is 5.91 Å². The third-order valence-corrected chi connectivity index (χ3v) is 4.33. The molecule has 1 aromatic carbocycles. The molecule has 1 aliphatic heterocycles. The third-order valence-electron chi connectivity index (χ3n) is 3.87. The molecule has 0 spiro atoms. The van der Waals surface area contributed by atoms with Gasteiger partial charge in [0, 0.05) is 29.2 Å². The van der Waals surface area contributed by atoms with Gasteiger partial charge in [0.05, 0.1) is 5.69 Å². The molecule has 134 valence electrons. The molecule has 0 radical (unpaired) electrons. The van der Waals surface area contributed by atoms with Gasteiger partial charge in [-0.15, -0.1) is 0 Å². The normalized spacial score (nSPS) is 13.0. The van der Waals surface area contributed by atoms with Gasteiger partial charge in [-0.25, -0.2) is 4.98 Å². The van der Waals surface area contributed by atoms with E-state index >= 15 is 0 Å². The Morgan fingerprint density at radius 3 is 2.81 bits per heavy atom. The van der Waals surface area contributed by atoms with E-state index in [1.165, 1.54) is 11.8 Å². The first kappa shape index (κ1) is 18.1. The van der Waals surface area contributed by atoms with Crippen LogP contribution in [0.15, 0.2) is 41.0 Å². The number of pyridine rings is 1. The molecule has 0 saturated heterocycles. The van der Waals surface area contributed by atoms with Crippen LogP contribution >= 0.6 is 15.9 Å². The van der Waals surface area contributed by atoms with Crippen molar-refractivity contribution in [3.63, 3.8) is 0 Å². The van der Waals surface area contributed by atoms with E-state index in [2.05, 4.69) is 26.2 Å². The second-order valence-corrected chi connectivity index (χ2v) is 6.65. The summed E-state index contributed by atoms with van der Waals surface area (Å²) in [6.45, 7) is 1.54. The molecule has 0 unspecified atom stereocenters. The summed E-state index contributed by atoms with van der Waals surface area (Å²) < 4.78 is 6.21. The van der Waals surface area contributed by atoms with Gasteiger partial charge in [-0.05, 0) is 53.2 Å². The fourth-order valence-corrected chi connectivity index (χ4v) is 2.77. The summed E-state index contributed by atoms with van der Waals surface area (Å²) >= 11 is 3.28. The minimum Gasteiger partial charge on any atom is -0.482 e. The zero-order valence-corrected chi connectivity index (χ0v) is 15.6. The molecule has 1 aliphatic rings. The fourth-order valence-electron chi connectivity index (χ4n) is 2.53. The molecule has 8 heteroatoms. The van der Waals surface area contributed by atoms with Gasteiger partial charge in [0.1, 0.15) is 11.6 Å². The number of halogens is 1. The van der Waals surface area contributed by atoms with E-state index in [1.54, 1.807) is 36.5 Å². The molecular weight excluding hydrogens is 402 g/mol. The van der Waals surface area contributed by atoms with Crippen LogP contribution in [0.2, 0.25) is 0 Å². The molecule has 0 aliphatic carbocycles. The Labute approximate surface area is 158 Å². The van der Waals surface area contributed by atoms with Gasteiger partial charge in [-0.1, -0.05) is 0 Å². The van der Waals surface area contributed by atoms with Gasteiger partial charge < -0.3 is 15.0 Å². The van der Waals surface area contributed by atoms with Crippen molar-refractivity contribution in [3.05, 3.63) is 46.6 Å². The molecule has 7 nitrogen and oxygen atoms in total. The summed E-state index contributed by atoms with van der Waals surface area (Å²) in [6, 6.07) is 8.38. The Morgan fingerprint density at radius 1 is 1.31 bits per heavy atom. The second-order valence-electron chi connectivity index (χ2n) is 5.73. The lowest BCUT2D eigenvalue weighted by atomic mass is 10.1. The number of nitrogens with one attached hydrogen (secondary N) is 1. The molecule has 3 rings (SSSR count). The van der Waals surface area contributed by atoms with Crippen molar-refractivity contribution in [1.82, 2.24) is 4.98 Å². The highest BCUT2D eigenvalue weighted by molar-refractivity contribution is 9.10. The fraction of sp³-hybridized carbons (Fsp3) is 0.222. The topological polar surface area (TPSA) is 88.6 Å². The lowest BCUT2D eigenvalue weighted by Gasteiger charge is -2.29. The zero-order chi connectivity index (χ0) is 18.7. The van der Waals surface area contributed by atoms with Crippen molar-refractivity contribution in [2.24, 2.45) is 0 Å². The molecular formula is C18H16BrN3O4.